The molecule has 1 fully saturated rings. The molecule has 0 radical (unpaired) electrons. The van der Waals surface area contributed by atoms with Crippen molar-refractivity contribution < 1.29 is 14.6 Å². The maximum atomic E-state index is 11.0. The summed E-state index contributed by atoms with van der Waals surface area (Å²) >= 11 is 0. The standard InChI is InChI=1S/C8H15NO3/c1-8(5-12-2)4-6(10)3-7(11)9-8/h6,10H,3-5H2,1-2H3,(H,9,11). The average molecular weight is 173 g/mol. The van der Waals surface area contributed by atoms with E-state index in [-0.39, 0.29) is 12.3 Å². The minimum atomic E-state index is -0.529. The Bertz CT molecular complexity index is 183. The summed E-state index contributed by atoms with van der Waals surface area (Å²) in [6, 6.07) is 0. The fourth-order valence-electron chi connectivity index (χ4n) is 1.66. The van der Waals surface area contributed by atoms with Gasteiger partial charge in [-0.15, -0.1) is 0 Å². The first-order valence-corrected chi connectivity index (χ1v) is 4.04. The highest BCUT2D eigenvalue weighted by Gasteiger charge is 2.34. The second-order valence-corrected chi connectivity index (χ2v) is 3.60. The second kappa shape index (κ2) is 3.41. The van der Waals surface area contributed by atoms with Gasteiger partial charge in [0.1, 0.15) is 0 Å². The minimum absolute atomic E-state index is 0.103. The number of amides is 1. The van der Waals surface area contributed by atoms with E-state index in [0.29, 0.717) is 13.0 Å². The number of aliphatic hydroxyl groups excluding tert-OH is 1. The number of piperidine rings is 1. The maximum Gasteiger partial charge on any atom is 0.223 e. The summed E-state index contributed by atoms with van der Waals surface area (Å²) in [6.45, 7) is 2.31. The van der Waals surface area contributed by atoms with Gasteiger partial charge in [-0.3, -0.25) is 4.79 Å². The molecule has 0 aromatic rings. The molecule has 2 unspecified atom stereocenters. The van der Waals surface area contributed by atoms with Crippen LogP contribution in [0.5, 0.6) is 0 Å². The van der Waals surface area contributed by atoms with Crippen molar-refractivity contribution in [2.24, 2.45) is 0 Å². The van der Waals surface area contributed by atoms with Crippen LogP contribution in [0.15, 0.2) is 0 Å². The van der Waals surface area contributed by atoms with Gasteiger partial charge < -0.3 is 15.2 Å². The van der Waals surface area contributed by atoms with Crippen LogP contribution >= 0.6 is 0 Å². The van der Waals surface area contributed by atoms with Gasteiger partial charge in [0.05, 0.1) is 24.7 Å². The van der Waals surface area contributed by atoms with Crippen molar-refractivity contribution in [3.8, 4) is 0 Å². The average Bonchev–Trinajstić information content (AvgIpc) is 1.82. The van der Waals surface area contributed by atoms with Crippen molar-refractivity contribution in [3.05, 3.63) is 0 Å². The molecule has 1 aliphatic rings. The van der Waals surface area contributed by atoms with Crippen LogP contribution in [0.4, 0.5) is 0 Å². The van der Waals surface area contributed by atoms with Gasteiger partial charge in [0.25, 0.3) is 0 Å². The van der Waals surface area contributed by atoms with Crippen LogP contribution in [-0.4, -0.2) is 36.4 Å². The number of carbonyl (C=O) groups is 1. The van der Waals surface area contributed by atoms with E-state index < -0.39 is 11.6 Å². The van der Waals surface area contributed by atoms with Gasteiger partial charge in [0.15, 0.2) is 0 Å². The summed E-state index contributed by atoms with van der Waals surface area (Å²) in [4.78, 5) is 11.0. The first-order chi connectivity index (χ1) is 5.56. The highest BCUT2D eigenvalue weighted by Crippen LogP contribution is 2.19. The highest BCUT2D eigenvalue weighted by atomic mass is 16.5. The number of nitrogens with one attached hydrogen (secondary N) is 1. The van der Waals surface area contributed by atoms with Crippen LogP contribution in [0.1, 0.15) is 19.8 Å². The lowest BCUT2D eigenvalue weighted by Gasteiger charge is -2.36. The van der Waals surface area contributed by atoms with E-state index in [2.05, 4.69) is 5.32 Å². The fraction of sp³-hybridized carbons (Fsp3) is 0.875. The second-order valence-electron chi connectivity index (χ2n) is 3.60. The molecule has 1 rings (SSSR count). The topological polar surface area (TPSA) is 58.6 Å². The van der Waals surface area contributed by atoms with Gasteiger partial charge >= 0.3 is 0 Å². The molecule has 0 aliphatic carbocycles. The van der Waals surface area contributed by atoms with Crippen molar-refractivity contribution in [1.82, 2.24) is 5.32 Å². The summed E-state index contributed by atoms with van der Waals surface area (Å²) in [6.07, 6.45) is 0.241. The normalized spacial score (nSPS) is 36.2. The van der Waals surface area contributed by atoms with Crippen LogP contribution in [0, 0.1) is 0 Å². The Labute approximate surface area is 71.9 Å². The summed E-state index contributed by atoms with van der Waals surface area (Å²) < 4.78 is 4.96. The molecular formula is C8H15NO3. The smallest absolute Gasteiger partial charge is 0.223 e. The summed E-state index contributed by atoms with van der Waals surface area (Å²) in [5.74, 6) is -0.103. The lowest BCUT2D eigenvalue weighted by molar-refractivity contribution is -0.129. The summed E-state index contributed by atoms with van der Waals surface area (Å²) in [5.41, 5.74) is -0.399. The molecule has 1 amide bonds. The van der Waals surface area contributed by atoms with E-state index in [4.69, 9.17) is 4.74 Å². The van der Waals surface area contributed by atoms with E-state index in [1.165, 1.54) is 0 Å². The maximum absolute atomic E-state index is 11.0. The van der Waals surface area contributed by atoms with Gasteiger partial charge in [0, 0.05) is 7.11 Å². The molecule has 70 valence electrons. The SMILES string of the molecule is COCC1(C)CC(O)CC(=O)N1. The quantitative estimate of drug-likeness (QED) is 0.600. The van der Waals surface area contributed by atoms with E-state index >= 15 is 0 Å². The fourth-order valence-corrected chi connectivity index (χ4v) is 1.66. The Kier molecular flexibility index (Phi) is 2.69. The first-order valence-electron chi connectivity index (χ1n) is 4.04. The highest BCUT2D eigenvalue weighted by molar-refractivity contribution is 5.78. The third kappa shape index (κ3) is 2.19. The van der Waals surface area contributed by atoms with E-state index in [1.54, 1.807) is 7.11 Å². The Balaban J connectivity index is 2.58. The van der Waals surface area contributed by atoms with Crippen LogP contribution in [0.25, 0.3) is 0 Å². The third-order valence-electron chi connectivity index (χ3n) is 2.01. The lowest BCUT2D eigenvalue weighted by Crippen LogP contribution is -2.55. The molecule has 2 N–H and O–H groups in total. The van der Waals surface area contributed by atoms with Crippen molar-refractivity contribution in [1.29, 1.82) is 0 Å². The van der Waals surface area contributed by atoms with E-state index in [9.17, 15) is 9.90 Å². The Morgan fingerprint density at radius 2 is 2.50 bits per heavy atom. The number of aliphatic hydroxyl groups is 1. The van der Waals surface area contributed by atoms with Crippen LogP contribution < -0.4 is 5.32 Å². The molecule has 0 bridgehead atoms. The molecule has 0 saturated carbocycles. The predicted octanol–water partition coefficient (Wildman–Crippen LogP) is -0.338. The molecule has 2 atom stereocenters. The number of hydrogen-bond donors (Lipinski definition) is 2. The molecule has 1 saturated heterocycles. The molecule has 1 heterocycles. The summed E-state index contributed by atoms with van der Waals surface area (Å²) in [5, 5.41) is 12.1. The van der Waals surface area contributed by atoms with Crippen LogP contribution in [0.2, 0.25) is 0 Å². The van der Waals surface area contributed by atoms with Gasteiger partial charge in [-0.05, 0) is 13.3 Å². The molecular weight excluding hydrogens is 158 g/mol. The monoisotopic (exact) mass is 173 g/mol. The molecule has 0 aromatic carbocycles. The van der Waals surface area contributed by atoms with E-state index in [0.717, 1.165) is 0 Å². The Morgan fingerprint density at radius 3 is 3.00 bits per heavy atom. The molecule has 0 spiro atoms. The lowest BCUT2D eigenvalue weighted by atomic mass is 9.89. The number of rotatable bonds is 2. The zero-order valence-electron chi connectivity index (χ0n) is 7.46. The number of methoxy groups -OCH3 is 1. The zero-order valence-corrected chi connectivity index (χ0v) is 7.46. The molecule has 12 heavy (non-hydrogen) atoms. The number of ether oxygens (including phenoxy) is 1. The van der Waals surface area contributed by atoms with Gasteiger partial charge in [-0.25, -0.2) is 0 Å². The third-order valence-corrected chi connectivity index (χ3v) is 2.01. The van der Waals surface area contributed by atoms with Crippen molar-refractivity contribution in [3.63, 3.8) is 0 Å². The molecule has 4 nitrogen and oxygen atoms in total. The minimum Gasteiger partial charge on any atom is -0.392 e. The van der Waals surface area contributed by atoms with Gasteiger partial charge in [-0.2, -0.15) is 0 Å². The number of hydrogen-bond acceptors (Lipinski definition) is 3. The first kappa shape index (κ1) is 9.48. The van der Waals surface area contributed by atoms with Crippen molar-refractivity contribution >= 4 is 5.91 Å². The predicted molar refractivity (Wildman–Crippen MR) is 43.7 cm³/mol. The molecule has 1 aliphatic heterocycles. The van der Waals surface area contributed by atoms with Crippen molar-refractivity contribution in [2.75, 3.05) is 13.7 Å². The van der Waals surface area contributed by atoms with Crippen molar-refractivity contribution in [2.45, 2.75) is 31.4 Å². The Hall–Kier alpha value is -0.610. The van der Waals surface area contributed by atoms with Crippen LogP contribution in [-0.2, 0) is 9.53 Å². The van der Waals surface area contributed by atoms with E-state index in [1.807, 2.05) is 6.92 Å². The van der Waals surface area contributed by atoms with Gasteiger partial charge in [-0.1, -0.05) is 0 Å². The molecule has 4 heteroatoms. The largest absolute Gasteiger partial charge is 0.392 e. The Morgan fingerprint density at radius 1 is 1.83 bits per heavy atom. The van der Waals surface area contributed by atoms with Gasteiger partial charge in [0.2, 0.25) is 5.91 Å². The number of carbonyl (C=O) groups excluding carboxylic acids is 1. The zero-order chi connectivity index (χ0) is 9.19. The summed E-state index contributed by atoms with van der Waals surface area (Å²) in [7, 11) is 1.58. The molecule has 0 aromatic heterocycles. The van der Waals surface area contributed by atoms with Crippen LogP contribution in [0.3, 0.4) is 0 Å².